The van der Waals surface area contributed by atoms with Gasteiger partial charge in [-0.3, -0.25) is 14.2 Å². The lowest BCUT2D eigenvalue weighted by atomic mass is 10.1. The highest BCUT2D eigenvalue weighted by molar-refractivity contribution is 5.97. The highest BCUT2D eigenvalue weighted by atomic mass is 16.2. The second-order valence-electron chi connectivity index (χ2n) is 6.00. The maximum Gasteiger partial charge on any atom is 0.256 e. The summed E-state index contributed by atoms with van der Waals surface area (Å²) >= 11 is 0. The average Bonchev–Trinajstić information content (AvgIpc) is 3.20. The first kappa shape index (κ1) is 11.9. The van der Waals surface area contributed by atoms with E-state index in [2.05, 4.69) is 15.2 Å². The van der Waals surface area contributed by atoms with E-state index in [1.54, 1.807) is 22.6 Å². The molecule has 1 amide bonds. The maximum absolute atomic E-state index is 12.7. The first-order valence-electron chi connectivity index (χ1n) is 9.64. The molecular weight excluding hydrogens is 326 g/mol. The lowest BCUT2D eigenvalue weighted by Gasteiger charge is -2.15. The van der Waals surface area contributed by atoms with Crippen molar-refractivity contribution in [3.05, 3.63) is 83.9 Å². The fourth-order valence-corrected chi connectivity index (χ4v) is 3.09. The van der Waals surface area contributed by atoms with Crippen LogP contribution in [0.4, 0.5) is 0 Å². The largest absolute Gasteiger partial charge is 0.328 e. The number of hydrogen-bond donors (Lipinski definition) is 0. The van der Waals surface area contributed by atoms with Gasteiger partial charge in [-0.05, 0) is 35.4 Å². The molecule has 0 fully saturated rings. The summed E-state index contributed by atoms with van der Waals surface area (Å²) in [6.45, 7) is -1.83. The second-order valence-corrected chi connectivity index (χ2v) is 6.00. The minimum atomic E-state index is -1.96. The van der Waals surface area contributed by atoms with Crippen molar-refractivity contribution < 1.29 is 8.91 Å². The molecule has 5 rings (SSSR count). The Morgan fingerprint density at radius 2 is 2.00 bits per heavy atom. The van der Waals surface area contributed by atoms with Crippen LogP contribution in [0.1, 0.15) is 25.7 Å². The molecule has 0 spiro atoms. The van der Waals surface area contributed by atoms with Gasteiger partial charge >= 0.3 is 0 Å². The zero-order valence-corrected chi connectivity index (χ0v) is 13.6. The number of pyridine rings is 2. The van der Waals surface area contributed by atoms with Gasteiger partial charge in [-0.25, -0.2) is 0 Å². The fraction of sp³-hybridized carbons (Fsp3) is 0.100. The lowest BCUT2D eigenvalue weighted by Crippen LogP contribution is -2.23. The summed E-state index contributed by atoms with van der Waals surface area (Å²) in [4.78, 5) is 17.9. The molecule has 1 aliphatic heterocycles. The van der Waals surface area contributed by atoms with Crippen LogP contribution in [0, 0.1) is 0 Å². The summed E-state index contributed by atoms with van der Waals surface area (Å²) < 4.78 is 26.3. The normalized spacial score (nSPS) is 17.0. The summed E-state index contributed by atoms with van der Waals surface area (Å²) in [7, 11) is 0. The molecule has 1 aromatic carbocycles. The molecule has 3 aromatic heterocycles. The molecule has 4 heterocycles. The SMILES string of the molecule is [2H]c1nnc2cccc(-c3ccc(CN4C(=O)c5cccnc5C4([2H])[2H])cc3)n12. The molecule has 0 aliphatic carbocycles. The van der Waals surface area contributed by atoms with Gasteiger partial charge in [0.2, 0.25) is 0 Å². The van der Waals surface area contributed by atoms with E-state index in [1.165, 1.54) is 11.1 Å². The number of carbonyl (C=O) groups is 1. The first-order chi connectivity index (χ1) is 14.0. The van der Waals surface area contributed by atoms with Crippen LogP contribution in [0.3, 0.4) is 0 Å². The van der Waals surface area contributed by atoms with Gasteiger partial charge in [0.15, 0.2) is 5.65 Å². The van der Waals surface area contributed by atoms with E-state index < -0.39 is 6.50 Å². The number of amides is 1. The summed E-state index contributed by atoms with van der Waals surface area (Å²) in [6, 6.07) is 16.2. The van der Waals surface area contributed by atoms with Crippen molar-refractivity contribution in [3.8, 4) is 11.3 Å². The maximum atomic E-state index is 12.7. The van der Waals surface area contributed by atoms with Crippen LogP contribution in [0.5, 0.6) is 0 Å². The molecule has 4 aromatic rings. The van der Waals surface area contributed by atoms with Gasteiger partial charge in [-0.15, -0.1) is 10.2 Å². The monoisotopic (exact) mass is 344 g/mol. The van der Waals surface area contributed by atoms with E-state index in [9.17, 15) is 4.79 Å². The molecule has 0 radical (unpaired) electrons. The van der Waals surface area contributed by atoms with Crippen LogP contribution in [-0.4, -0.2) is 30.4 Å². The number of fused-ring (bicyclic) bond motifs is 2. The lowest BCUT2D eigenvalue weighted by molar-refractivity contribution is 0.0766. The molecule has 0 unspecified atom stereocenters. The molecule has 1 aliphatic rings. The molecule has 0 saturated heterocycles. The van der Waals surface area contributed by atoms with Gasteiger partial charge in [0.1, 0.15) is 7.67 Å². The summed E-state index contributed by atoms with van der Waals surface area (Å²) in [5.41, 5.74) is 3.50. The van der Waals surface area contributed by atoms with Crippen molar-refractivity contribution in [1.29, 1.82) is 0 Å². The molecule has 0 N–H and O–H groups in total. The van der Waals surface area contributed by atoms with E-state index in [-0.39, 0.29) is 24.4 Å². The van der Waals surface area contributed by atoms with Crippen LogP contribution in [0.15, 0.2) is 67.1 Å². The van der Waals surface area contributed by atoms with Crippen molar-refractivity contribution in [2.45, 2.75) is 13.0 Å². The van der Waals surface area contributed by atoms with Gasteiger partial charge in [0, 0.05) is 12.7 Å². The average molecular weight is 344 g/mol. The Kier molecular flexibility index (Phi) is 2.64. The van der Waals surface area contributed by atoms with Crippen molar-refractivity contribution in [2.75, 3.05) is 0 Å². The smallest absolute Gasteiger partial charge is 0.256 e. The molecule has 0 saturated carbocycles. The molecule has 6 nitrogen and oxygen atoms in total. The minimum Gasteiger partial charge on any atom is -0.328 e. The molecule has 26 heavy (non-hydrogen) atoms. The number of nitrogens with zero attached hydrogens (tertiary/aromatic N) is 5. The highest BCUT2D eigenvalue weighted by Crippen LogP contribution is 2.24. The van der Waals surface area contributed by atoms with Crippen LogP contribution in [0.2, 0.25) is 0 Å². The highest BCUT2D eigenvalue weighted by Gasteiger charge is 2.27. The quantitative estimate of drug-likeness (QED) is 0.573. The van der Waals surface area contributed by atoms with Gasteiger partial charge in [0.25, 0.3) is 5.91 Å². The van der Waals surface area contributed by atoms with Crippen molar-refractivity contribution in [3.63, 3.8) is 0 Å². The Morgan fingerprint density at radius 1 is 1.12 bits per heavy atom. The zero-order valence-electron chi connectivity index (χ0n) is 16.6. The predicted molar refractivity (Wildman–Crippen MR) is 96.2 cm³/mol. The summed E-state index contributed by atoms with van der Waals surface area (Å²) in [5.74, 6) is -0.365. The van der Waals surface area contributed by atoms with E-state index in [0.29, 0.717) is 11.2 Å². The van der Waals surface area contributed by atoms with Crippen LogP contribution in [0.25, 0.3) is 16.9 Å². The topological polar surface area (TPSA) is 63.4 Å². The Morgan fingerprint density at radius 3 is 2.85 bits per heavy atom. The van der Waals surface area contributed by atoms with Crippen molar-refractivity contribution in [2.24, 2.45) is 0 Å². The number of aromatic nitrogens is 4. The second kappa shape index (κ2) is 5.77. The van der Waals surface area contributed by atoms with E-state index in [1.807, 2.05) is 36.4 Å². The first-order valence-corrected chi connectivity index (χ1v) is 8.14. The van der Waals surface area contributed by atoms with Crippen LogP contribution >= 0.6 is 0 Å². The van der Waals surface area contributed by atoms with Crippen LogP contribution in [-0.2, 0) is 13.0 Å². The third-order valence-corrected chi connectivity index (χ3v) is 4.38. The minimum absolute atomic E-state index is 0.0563. The van der Waals surface area contributed by atoms with E-state index >= 15 is 0 Å². The molecule has 6 heteroatoms. The number of rotatable bonds is 3. The van der Waals surface area contributed by atoms with Gasteiger partial charge < -0.3 is 4.90 Å². The summed E-state index contributed by atoms with van der Waals surface area (Å²) in [6.07, 6.45) is 1.55. The molecule has 0 bridgehead atoms. The molecular formula is C20H15N5O. The van der Waals surface area contributed by atoms with Gasteiger partial charge in [0.05, 0.1) is 26.2 Å². The van der Waals surface area contributed by atoms with Crippen molar-refractivity contribution >= 4 is 11.6 Å². The molecule has 126 valence electrons. The van der Waals surface area contributed by atoms with E-state index in [4.69, 9.17) is 4.11 Å². The third kappa shape index (κ3) is 2.35. The van der Waals surface area contributed by atoms with E-state index in [0.717, 1.165) is 16.8 Å². The number of hydrogen-bond acceptors (Lipinski definition) is 4. The Hall–Kier alpha value is -3.54. The Labute approximate surface area is 154 Å². The molecule has 0 atom stereocenters. The predicted octanol–water partition coefficient (Wildman–Crippen LogP) is 2.95. The Balaban J connectivity index is 1.46. The van der Waals surface area contributed by atoms with Crippen molar-refractivity contribution in [1.82, 2.24) is 24.5 Å². The van der Waals surface area contributed by atoms with Gasteiger partial charge in [-0.2, -0.15) is 0 Å². The number of carbonyl (C=O) groups excluding carboxylic acids is 1. The third-order valence-electron chi connectivity index (χ3n) is 4.38. The number of benzene rings is 1. The van der Waals surface area contributed by atoms with Gasteiger partial charge in [-0.1, -0.05) is 30.3 Å². The standard InChI is InChI=1S/C20H15N5O/c26-20-16-3-2-10-21-17(16)12-24(20)11-14-6-8-15(9-7-14)18-4-1-5-19-23-22-13-25(18)19/h1-10,13H,11-12H2/i12D2,13D. The summed E-state index contributed by atoms with van der Waals surface area (Å²) in [5, 5.41) is 7.77. The van der Waals surface area contributed by atoms with Crippen LogP contribution < -0.4 is 0 Å². The zero-order chi connectivity index (χ0) is 20.2. The Bertz CT molecular complexity index is 1250. The fourth-order valence-electron chi connectivity index (χ4n) is 3.09.